The summed E-state index contributed by atoms with van der Waals surface area (Å²) in [7, 11) is 0. The van der Waals surface area contributed by atoms with Crippen LogP contribution in [0.1, 0.15) is 44.9 Å². The lowest BCUT2D eigenvalue weighted by atomic mass is 9.72. The summed E-state index contributed by atoms with van der Waals surface area (Å²) in [6.07, 6.45) is -0.264. The molecule has 3 fully saturated rings. The number of hydrogen-bond donors (Lipinski definition) is 2. The first-order valence-electron chi connectivity index (χ1n) is 7.92. The number of halogens is 3. The molecule has 6 heteroatoms. The Morgan fingerprint density at radius 3 is 2.38 bits per heavy atom. The molecule has 0 radical (unpaired) electrons. The summed E-state index contributed by atoms with van der Waals surface area (Å²) in [5.41, 5.74) is 4.20. The standard InChI is InChI=1S/C15H23F3N2O/c16-15(17,18)14(3-1-2-4-14)8-20-13(21)10-5-9-7-12(19)11(9)6-10/h9-12H,1-8,19H2,(H,20,21)/t9-,10?,11-,12+/m0/s1. The van der Waals surface area contributed by atoms with Crippen LogP contribution in [-0.2, 0) is 4.79 Å². The Kier molecular flexibility index (Phi) is 3.71. The second-order valence-electron chi connectivity index (χ2n) is 7.19. The maximum atomic E-state index is 13.3. The molecule has 4 atom stereocenters. The third-order valence-corrected chi connectivity index (χ3v) is 6.01. The van der Waals surface area contributed by atoms with Crippen molar-refractivity contribution in [1.82, 2.24) is 5.32 Å². The van der Waals surface area contributed by atoms with Crippen molar-refractivity contribution in [3.63, 3.8) is 0 Å². The molecular formula is C15H23F3N2O. The van der Waals surface area contributed by atoms with Crippen LogP contribution in [0.2, 0.25) is 0 Å². The Hall–Kier alpha value is -0.780. The van der Waals surface area contributed by atoms with Crippen molar-refractivity contribution in [3.8, 4) is 0 Å². The lowest BCUT2D eigenvalue weighted by Gasteiger charge is -2.37. The molecule has 0 aliphatic heterocycles. The molecule has 3 aliphatic carbocycles. The van der Waals surface area contributed by atoms with Gasteiger partial charge < -0.3 is 11.1 Å². The van der Waals surface area contributed by atoms with Gasteiger partial charge in [-0.2, -0.15) is 13.2 Å². The molecule has 120 valence electrons. The molecule has 3 saturated carbocycles. The number of fused-ring (bicyclic) bond motifs is 1. The minimum atomic E-state index is -4.23. The Balaban J connectivity index is 1.56. The topological polar surface area (TPSA) is 55.1 Å². The van der Waals surface area contributed by atoms with Crippen molar-refractivity contribution in [2.75, 3.05) is 6.54 Å². The van der Waals surface area contributed by atoms with Gasteiger partial charge in [0, 0.05) is 18.5 Å². The smallest absolute Gasteiger partial charge is 0.355 e. The first-order chi connectivity index (χ1) is 9.82. The largest absolute Gasteiger partial charge is 0.396 e. The fourth-order valence-electron chi connectivity index (χ4n) is 4.51. The summed E-state index contributed by atoms with van der Waals surface area (Å²) in [6.45, 7) is -0.257. The van der Waals surface area contributed by atoms with Gasteiger partial charge in [-0.15, -0.1) is 0 Å². The van der Waals surface area contributed by atoms with E-state index in [1.54, 1.807) is 0 Å². The summed E-state index contributed by atoms with van der Waals surface area (Å²) in [5, 5.41) is 2.60. The second-order valence-corrected chi connectivity index (χ2v) is 7.19. The van der Waals surface area contributed by atoms with Gasteiger partial charge >= 0.3 is 6.18 Å². The Bertz CT molecular complexity index is 418. The van der Waals surface area contributed by atoms with Crippen molar-refractivity contribution in [2.45, 2.75) is 57.2 Å². The number of carbonyl (C=O) groups excluding carboxylic acids is 1. The number of nitrogens with one attached hydrogen (secondary N) is 1. The van der Waals surface area contributed by atoms with E-state index >= 15 is 0 Å². The van der Waals surface area contributed by atoms with E-state index in [0.717, 1.165) is 19.3 Å². The second kappa shape index (κ2) is 5.14. The van der Waals surface area contributed by atoms with Gasteiger partial charge in [-0.05, 0) is 43.9 Å². The minimum absolute atomic E-state index is 0.136. The fraction of sp³-hybridized carbons (Fsp3) is 0.933. The molecule has 1 unspecified atom stereocenters. The average Bonchev–Trinajstić information content (AvgIpc) is 3.00. The third kappa shape index (κ3) is 2.56. The quantitative estimate of drug-likeness (QED) is 0.842. The SMILES string of the molecule is N[C@@H]1C[C@@H]2CC(C(=O)NCC3(C(F)(F)F)CCCC3)C[C@@H]21. The monoisotopic (exact) mass is 304 g/mol. The molecule has 0 aromatic carbocycles. The van der Waals surface area contributed by atoms with Gasteiger partial charge in [0.05, 0.1) is 5.41 Å². The highest BCUT2D eigenvalue weighted by Crippen LogP contribution is 2.51. The average molecular weight is 304 g/mol. The highest BCUT2D eigenvalue weighted by atomic mass is 19.4. The summed E-state index contributed by atoms with van der Waals surface area (Å²) in [6, 6.07) is 0.184. The first-order valence-corrected chi connectivity index (χ1v) is 7.92. The maximum Gasteiger partial charge on any atom is 0.396 e. The van der Waals surface area contributed by atoms with Gasteiger partial charge in [0.25, 0.3) is 0 Å². The zero-order chi connectivity index (χ0) is 15.3. The number of carbonyl (C=O) groups is 1. The molecule has 0 bridgehead atoms. The Labute approximate surface area is 122 Å². The van der Waals surface area contributed by atoms with E-state index in [1.807, 2.05) is 0 Å². The highest BCUT2D eigenvalue weighted by Gasteiger charge is 2.56. The van der Waals surface area contributed by atoms with Gasteiger partial charge in [0.15, 0.2) is 0 Å². The predicted molar refractivity (Wildman–Crippen MR) is 72.3 cm³/mol. The van der Waals surface area contributed by atoms with E-state index in [0.29, 0.717) is 24.7 Å². The number of alkyl halides is 3. The Morgan fingerprint density at radius 2 is 1.86 bits per heavy atom. The zero-order valence-corrected chi connectivity index (χ0v) is 12.1. The molecule has 0 heterocycles. The summed E-state index contributed by atoms with van der Waals surface area (Å²) in [4.78, 5) is 12.2. The van der Waals surface area contributed by atoms with Crippen molar-refractivity contribution in [1.29, 1.82) is 0 Å². The number of rotatable bonds is 3. The number of amides is 1. The van der Waals surface area contributed by atoms with Crippen molar-refractivity contribution in [3.05, 3.63) is 0 Å². The van der Waals surface area contributed by atoms with E-state index in [4.69, 9.17) is 5.73 Å². The summed E-state index contributed by atoms with van der Waals surface area (Å²) in [5.74, 6) is 0.579. The third-order valence-electron chi connectivity index (χ3n) is 6.01. The van der Waals surface area contributed by atoms with E-state index in [9.17, 15) is 18.0 Å². The molecule has 0 aromatic rings. The molecule has 0 spiro atoms. The van der Waals surface area contributed by atoms with Crippen LogP contribution < -0.4 is 11.1 Å². The van der Waals surface area contributed by atoms with Gasteiger partial charge in [0.1, 0.15) is 0 Å². The van der Waals surface area contributed by atoms with Gasteiger partial charge in [-0.1, -0.05) is 12.8 Å². The van der Waals surface area contributed by atoms with E-state index in [2.05, 4.69) is 5.32 Å². The highest BCUT2D eigenvalue weighted by molar-refractivity contribution is 5.79. The first kappa shape index (κ1) is 15.1. The molecular weight excluding hydrogens is 281 g/mol. The molecule has 1 amide bonds. The van der Waals surface area contributed by atoms with Crippen molar-refractivity contribution >= 4 is 5.91 Å². The predicted octanol–water partition coefficient (Wildman–Crippen LogP) is 2.60. The molecule has 21 heavy (non-hydrogen) atoms. The van der Waals surface area contributed by atoms with Crippen LogP contribution in [0.15, 0.2) is 0 Å². The molecule has 3 N–H and O–H groups in total. The maximum absolute atomic E-state index is 13.3. The normalized spacial score (nSPS) is 37.9. The van der Waals surface area contributed by atoms with Crippen LogP contribution in [0, 0.1) is 23.2 Å². The summed E-state index contributed by atoms with van der Waals surface area (Å²) >= 11 is 0. The van der Waals surface area contributed by atoms with Crippen LogP contribution >= 0.6 is 0 Å². The lowest BCUT2D eigenvalue weighted by Crippen LogP contribution is -2.46. The molecule has 0 aromatic heterocycles. The van der Waals surface area contributed by atoms with Crippen LogP contribution in [0.3, 0.4) is 0 Å². The molecule has 0 saturated heterocycles. The van der Waals surface area contributed by atoms with Crippen LogP contribution in [-0.4, -0.2) is 24.7 Å². The number of nitrogens with two attached hydrogens (primary N) is 1. The van der Waals surface area contributed by atoms with E-state index in [1.165, 1.54) is 0 Å². The van der Waals surface area contributed by atoms with Crippen molar-refractivity contribution in [2.24, 2.45) is 28.9 Å². The van der Waals surface area contributed by atoms with Crippen LogP contribution in [0.5, 0.6) is 0 Å². The van der Waals surface area contributed by atoms with Crippen molar-refractivity contribution < 1.29 is 18.0 Å². The van der Waals surface area contributed by atoms with Gasteiger partial charge in [-0.25, -0.2) is 0 Å². The molecule has 3 aliphatic rings. The minimum Gasteiger partial charge on any atom is -0.355 e. The van der Waals surface area contributed by atoms with Gasteiger partial charge in [-0.3, -0.25) is 4.79 Å². The Morgan fingerprint density at radius 1 is 1.19 bits per heavy atom. The van der Waals surface area contributed by atoms with E-state index in [-0.39, 0.29) is 37.3 Å². The van der Waals surface area contributed by atoms with E-state index < -0.39 is 11.6 Å². The lowest BCUT2D eigenvalue weighted by molar-refractivity contribution is -0.220. The zero-order valence-electron chi connectivity index (χ0n) is 12.1. The molecule has 3 rings (SSSR count). The summed E-state index contributed by atoms with van der Waals surface area (Å²) < 4.78 is 39.8. The van der Waals surface area contributed by atoms with Gasteiger partial charge in [0.2, 0.25) is 5.91 Å². The van der Waals surface area contributed by atoms with Crippen LogP contribution in [0.25, 0.3) is 0 Å². The van der Waals surface area contributed by atoms with Crippen LogP contribution in [0.4, 0.5) is 13.2 Å². The fourth-order valence-corrected chi connectivity index (χ4v) is 4.51. The number of hydrogen-bond acceptors (Lipinski definition) is 2. The molecule has 3 nitrogen and oxygen atoms in total.